The summed E-state index contributed by atoms with van der Waals surface area (Å²) in [4.78, 5) is 50.8. The Kier molecular flexibility index (Phi) is 30.9. The molecule has 3 amide bonds. The predicted molar refractivity (Wildman–Crippen MR) is 388 cm³/mol. The molecule has 13 rings (SSSR count). The Balaban J connectivity index is 0.000000207. The van der Waals surface area contributed by atoms with Crippen LogP contribution < -0.4 is 17.9 Å². The molecule has 0 bridgehead atoms. The quantitative estimate of drug-likeness (QED) is 0.0414. The van der Waals surface area contributed by atoms with Crippen molar-refractivity contribution in [3.63, 3.8) is 0 Å². The summed E-state index contributed by atoms with van der Waals surface area (Å²) in [7, 11) is -0.979. The molecule has 103 heavy (non-hydrogen) atoms. The van der Waals surface area contributed by atoms with Gasteiger partial charge < -0.3 is 56.8 Å². The van der Waals surface area contributed by atoms with E-state index >= 15 is 0 Å². The second-order valence-electron chi connectivity index (χ2n) is 26.8. The van der Waals surface area contributed by atoms with Crippen molar-refractivity contribution in [3.05, 3.63) is 206 Å². The SMILES string of the molecule is CC(C)OB1OC(C)(C)C(C)(C)O1.CC1(C)OB(c2cnn3c2CN(C(=O)Cc2ccccc2)CC3)OC1(C)C.C[CH-]C.FC(F)(F)c1ccnc(Cl)c1.O=C(Cc1ccccc1)N1CCn2ncc(-c3cc(C(F)(F)F)ccn3)c2C1.O=C(Cc1ccccc1)N1CCn2ncc(I)c2C1.[Cl-].[Mg+2]. The standard InChI is InChI=1S/C20H26BN3O3.C20H17F3N4O.C14H14IN3O.C9H19BO3.C6H3ClF3N.C3H7.ClH.Mg/c1-19(2)20(3,4)27-21(26-19)16-13-22-24-11-10-23(14-17(16)24)18(25)12-15-8-6-5-7-9-15;21-20(22,23)15-6-7-24-17(11-15)16-12-25-27-9-8-26(13-18(16)27)19(28)10-14-4-2-1-3-5-14;15-12-9-16-18-7-6-17(10-13(12)18)14(19)8-11-4-2-1-3-5-11;1-7(2)11-10-12-8(3,4)9(5,6)13-10;7-5-3-4(1-2-11-5)6(8,9)10;1-3-2;;/h5-9,13H,10-12,14H2,1-4H3;1-7,11-12H,8-10,13H2;1-5,9H,6-8,10H2;7H,1-6H3;1-3H;3H,1-2H3;1H;/q;;;;;-1;;+2/p-1. The number of halogens is 9. The average Bonchev–Trinajstić information content (AvgIpc) is 1.62. The molecule has 5 aliphatic heterocycles. The number of rotatable bonds is 10. The zero-order valence-electron chi connectivity index (χ0n) is 59.9. The monoisotopic (exact) mass is 1590 g/mol. The van der Waals surface area contributed by atoms with Crippen LogP contribution in [0.15, 0.2) is 146 Å². The number of fused-ring (bicyclic) bond motifs is 3. The van der Waals surface area contributed by atoms with Gasteiger partial charge in [0.15, 0.2) is 0 Å². The molecule has 0 atom stereocenters. The maximum absolute atomic E-state index is 13.0. The fraction of sp³-hybridized carbons (Fsp3) is 0.431. The molecule has 3 aromatic carbocycles. The second-order valence-corrected chi connectivity index (χ2v) is 28.3. The third kappa shape index (κ3) is 23.3. The van der Waals surface area contributed by atoms with E-state index in [1.807, 2.05) is 212 Å². The molecule has 19 nitrogen and oxygen atoms in total. The molecule has 0 N–H and O–H groups in total. The Morgan fingerprint density at radius 2 is 0.922 bits per heavy atom. The first-order valence-electron chi connectivity index (χ1n) is 33.2. The van der Waals surface area contributed by atoms with Crippen LogP contribution in [0, 0.1) is 9.99 Å². The first-order chi connectivity index (χ1) is 47.6. The van der Waals surface area contributed by atoms with Crippen molar-refractivity contribution in [1.29, 1.82) is 0 Å². The largest absolute Gasteiger partial charge is 2.00 e. The maximum atomic E-state index is 13.0. The summed E-state index contributed by atoms with van der Waals surface area (Å²) in [5.74, 6) is 0.296. The van der Waals surface area contributed by atoms with E-state index in [2.05, 4.69) is 47.9 Å². The van der Waals surface area contributed by atoms with E-state index in [9.17, 15) is 40.7 Å². The van der Waals surface area contributed by atoms with Crippen molar-refractivity contribution < 1.29 is 76.4 Å². The minimum Gasteiger partial charge on any atom is -1.00 e. The maximum Gasteiger partial charge on any atom is 2.00 e. The van der Waals surface area contributed by atoms with Crippen LogP contribution in [0.25, 0.3) is 11.3 Å². The van der Waals surface area contributed by atoms with Crippen molar-refractivity contribution in [1.82, 2.24) is 54.0 Å². The van der Waals surface area contributed by atoms with Crippen molar-refractivity contribution >= 4 is 94.9 Å². The zero-order chi connectivity index (χ0) is 73.7. The van der Waals surface area contributed by atoms with E-state index in [-0.39, 0.29) is 87.8 Å². The van der Waals surface area contributed by atoms with Crippen molar-refractivity contribution in [2.24, 2.45) is 0 Å². The van der Waals surface area contributed by atoms with Gasteiger partial charge in [-0.1, -0.05) is 103 Å². The van der Waals surface area contributed by atoms with Crippen LogP contribution in [0.3, 0.4) is 0 Å². The number of alkyl halides is 6. The first kappa shape index (κ1) is 85.5. The molecule has 31 heteroatoms. The third-order valence-electron chi connectivity index (χ3n) is 17.8. The van der Waals surface area contributed by atoms with Gasteiger partial charge >= 0.3 is 49.8 Å². The number of pyridine rings is 2. The molecule has 0 radical (unpaired) electrons. The van der Waals surface area contributed by atoms with Gasteiger partial charge in [0, 0.05) is 55.4 Å². The molecule has 0 saturated carbocycles. The van der Waals surface area contributed by atoms with Crippen LogP contribution >= 0.6 is 34.2 Å². The Labute approximate surface area is 640 Å². The first-order valence-corrected chi connectivity index (χ1v) is 34.6. The number of hydrogen-bond donors (Lipinski definition) is 0. The Morgan fingerprint density at radius 1 is 0.553 bits per heavy atom. The van der Waals surface area contributed by atoms with Gasteiger partial charge in [-0.05, 0) is 133 Å². The second kappa shape index (κ2) is 37.2. The van der Waals surface area contributed by atoms with Gasteiger partial charge in [-0.15, -0.1) is 0 Å². The predicted octanol–water partition coefficient (Wildman–Crippen LogP) is 10.00. The molecule has 10 heterocycles. The van der Waals surface area contributed by atoms with Crippen LogP contribution in [0.2, 0.25) is 5.15 Å². The van der Waals surface area contributed by atoms with Gasteiger partial charge in [0.25, 0.3) is 0 Å². The number of amides is 3. The normalized spacial score (nSPS) is 16.5. The van der Waals surface area contributed by atoms with Gasteiger partial charge in [-0.3, -0.25) is 33.4 Å². The van der Waals surface area contributed by atoms with Crippen molar-refractivity contribution in [2.75, 3.05) is 19.6 Å². The number of aromatic nitrogens is 8. The van der Waals surface area contributed by atoms with Crippen molar-refractivity contribution in [2.45, 2.75) is 182 Å². The van der Waals surface area contributed by atoms with E-state index < -0.39 is 49.1 Å². The molecule has 0 unspecified atom stereocenters. The van der Waals surface area contributed by atoms with Crippen LogP contribution in [-0.2, 0) is 109 Å². The number of hydrogen-bond acceptors (Lipinski definition) is 13. The summed E-state index contributed by atoms with van der Waals surface area (Å²) in [6.45, 7) is 29.5. The Bertz CT molecular complexity index is 4010. The Hall–Kier alpha value is -6.41. The topological polar surface area (TPSA) is 186 Å². The molecule has 2 saturated heterocycles. The molecule has 0 spiro atoms. The average molecular weight is 1590 g/mol. The third-order valence-corrected chi connectivity index (χ3v) is 18.9. The van der Waals surface area contributed by atoms with E-state index in [4.69, 9.17) is 34.9 Å². The van der Waals surface area contributed by atoms with Gasteiger partial charge in [0.2, 0.25) is 17.7 Å². The zero-order valence-corrected chi connectivity index (χ0v) is 65.0. The van der Waals surface area contributed by atoms with Crippen LogP contribution in [0.1, 0.15) is 128 Å². The molecule has 5 aromatic heterocycles. The van der Waals surface area contributed by atoms with Crippen LogP contribution in [0.5, 0.6) is 0 Å². The smallest absolute Gasteiger partial charge is 1.00 e. The summed E-state index contributed by atoms with van der Waals surface area (Å²) in [6.07, 6.45) is 1.88. The van der Waals surface area contributed by atoms with Crippen LogP contribution in [0.4, 0.5) is 26.3 Å². The molecule has 0 aliphatic carbocycles. The molecule has 8 aromatic rings. The summed E-state index contributed by atoms with van der Waals surface area (Å²) in [6, 6.07) is 32.8. The molecule has 5 aliphatic rings. The number of benzene rings is 3. The molecule has 2 fully saturated rings. The minimum absolute atomic E-state index is 0. The number of nitrogens with zero attached hydrogens (tertiary/aromatic N) is 11. The van der Waals surface area contributed by atoms with Gasteiger partial charge in [-0.25, -0.2) is 4.98 Å². The van der Waals surface area contributed by atoms with Gasteiger partial charge in [0.1, 0.15) is 5.15 Å². The van der Waals surface area contributed by atoms with Crippen molar-refractivity contribution in [3.8, 4) is 11.3 Å². The fourth-order valence-electron chi connectivity index (χ4n) is 10.8. The summed E-state index contributed by atoms with van der Waals surface area (Å²) < 4.78 is 111. The fourth-order valence-corrected chi connectivity index (χ4v) is 11.5. The molecular weight excluding hydrogens is 1500 g/mol. The summed E-state index contributed by atoms with van der Waals surface area (Å²) in [5.41, 5.74) is 4.58. The molecule has 548 valence electrons. The number of carbonyl (C=O) groups is 3. The Morgan fingerprint density at radius 3 is 1.34 bits per heavy atom. The molecular formula is C72H86B2Cl2F6IMgN11O8. The van der Waals surface area contributed by atoms with E-state index in [1.54, 1.807) is 9.58 Å². The summed E-state index contributed by atoms with van der Waals surface area (Å²) >= 11 is 7.51. The van der Waals surface area contributed by atoms with Crippen LogP contribution in [-0.4, -0.2) is 157 Å². The van der Waals surface area contributed by atoms with E-state index in [0.717, 1.165) is 86.9 Å². The van der Waals surface area contributed by atoms with E-state index in [1.165, 1.54) is 6.20 Å². The number of carbonyl (C=O) groups excluding carboxylic acids is 3. The van der Waals surface area contributed by atoms with Gasteiger partial charge in [-0.2, -0.15) is 55.5 Å². The minimum atomic E-state index is -4.44. The van der Waals surface area contributed by atoms with Gasteiger partial charge in [0.05, 0.1) is 131 Å². The summed E-state index contributed by atoms with van der Waals surface area (Å²) in [5, 5.41) is 12.9. The van der Waals surface area contributed by atoms with E-state index in [0.29, 0.717) is 69.9 Å².